The van der Waals surface area contributed by atoms with Crippen molar-refractivity contribution in [2.24, 2.45) is 0 Å². The summed E-state index contributed by atoms with van der Waals surface area (Å²) in [7, 11) is 0. The molecule has 0 saturated heterocycles. The number of benzene rings is 2. The van der Waals surface area contributed by atoms with Crippen molar-refractivity contribution in [1.29, 1.82) is 0 Å². The van der Waals surface area contributed by atoms with Gasteiger partial charge in [-0.2, -0.15) is 0 Å². The third kappa shape index (κ3) is 8.40. The molecule has 0 fully saturated rings. The zero-order chi connectivity index (χ0) is 23.5. The molecule has 0 bridgehead atoms. The molecule has 0 unspecified atom stereocenters. The lowest BCUT2D eigenvalue weighted by atomic mass is 10.0. The first-order valence-electron chi connectivity index (χ1n) is 11.0. The Bertz CT molecular complexity index is 981. The molecule has 0 aromatic heterocycles. The first-order valence-corrected chi connectivity index (χ1v) is 11.0. The van der Waals surface area contributed by atoms with Crippen molar-refractivity contribution in [1.82, 2.24) is 16.0 Å². The highest BCUT2D eigenvalue weighted by Gasteiger charge is 2.24. The largest absolute Gasteiger partial charge is 0.445 e. The molecule has 7 nitrogen and oxygen atoms in total. The zero-order valence-corrected chi connectivity index (χ0v) is 18.3. The van der Waals surface area contributed by atoms with Crippen molar-refractivity contribution in [3.8, 4) is 0 Å². The molecular weight excluding hydrogens is 425 g/mol. The Morgan fingerprint density at radius 2 is 1.85 bits per heavy atom. The van der Waals surface area contributed by atoms with Gasteiger partial charge in [-0.15, -0.1) is 0 Å². The van der Waals surface area contributed by atoms with Gasteiger partial charge in [0, 0.05) is 12.6 Å². The Morgan fingerprint density at radius 1 is 1.06 bits per heavy atom. The van der Waals surface area contributed by atoms with E-state index in [1.165, 1.54) is 18.2 Å². The minimum atomic E-state index is -0.799. The van der Waals surface area contributed by atoms with Crippen molar-refractivity contribution >= 4 is 17.9 Å². The molecule has 1 heterocycles. The Labute approximate surface area is 192 Å². The predicted octanol–water partition coefficient (Wildman–Crippen LogP) is 3.00. The van der Waals surface area contributed by atoms with E-state index in [0.29, 0.717) is 37.8 Å². The molecule has 3 N–H and O–H groups in total. The fourth-order valence-corrected chi connectivity index (χ4v) is 3.49. The van der Waals surface area contributed by atoms with Gasteiger partial charge in [0.25, 0.3) is 0 Å². The standard InChI is InChI=1S/C25H28FN3O4/c26-20-10-6-9-19(15-20)16-21-12-13-23(30)27-14-5-4-11-22(24(31)28-21)29-25(32)33-17-18-7-2-1-3-8-18/h1-3,6-10,12-13,15,21-22H,4-5,11,14,16-17H2,(H,27,30)(H,28,31)(H,29,32)/b13-12-/t21-,22+/m1/s1. The summed E-state index contributed by atoms with van der Waals surface area (Å²) in [6.07, 6.45) is 4.22. The number of ether oxygens (including phenoxy) is 1. The number of hydrogen-bond acceptors (Lipinski definition) is 4. The average Bonchev–Trinajstić information content (AvgIpc) is 2.80. The van der Waals surface area contributed by atoms with E-state index in [0.717, 1.165) is 5.56 Å². The summed E-state index contributed by atoms with van der Waals surface area (Å²) in [4.78, 5) is 37.3. The normalized spacial score (nSPS) is 20.4. The van der Waals surface area contributed by atoms with Crippen LogP contribution >= 0.6 is 0 Å². The number of nitrogens with one attached hydrogen (secondary N) is 3. The summed E-state index contributed by atoms with van der Waals surface area (Å²) in [5, 5.41) is 8.29. The molecule has 8 heteroatoms. The van der Waals surface area contributed by atoms with Crippen LogP contribution in [0.4, 0.5) is 9.18 Å². The van der Waals surface area contributed by atoms with Crippen LogP contribution in [-0.4, -0.2) is 36.5 Å². The van der Waals surface area contributed by atoms with Gasteiger partial charge in [-0.3, -0.25) is 9.59 Å². The number of halogens is 1. The Morgan fingerprint density at radius 3 is 2.64 bits per heavy atom. The number of hydrogen-bond donors (Lipinski definition) is 3. The second kappa shape index (κ2) is 12.4. The van der Waals surface area contributed by atoms with E-state index in [1.807, 2.05) is 30.3 Å². The molecule has 2 atom stereocenters. The molecule has 174 valence electrons. The second-order valence-electron chi connectivity index (χ2n) is 7.85. The Kier molecular flexibility index (Phi) is 8.99. The van der Waals surface area contributed by atoms with Crippen LogP contribution in [-0.2, 0) is 27.4 Å². The maximum absolute atomic E-state index is 13.6. The van der Waals surface area contributed by atoms with Gasteiger partial charge in [-0.05, 0) is 48.9 Å². The first-order chi connectivity index (χ1) is 16.0. The fraction of sp³-hybridized carbons (Fsp3) is 0.320. The van der Waals surface area contributed by atoms with Crippen molar-refractivity contribution in [3.63, 3.8) is 0 Å². The van der Waals surface area contributed by atoms with Crippen LogP contribution < -0.4 is 16.0 Å². The monoisotopic (exact) mass is 453 g/mol. The minimum Gasteiger partial charge on any atom is -0.445 e. The van der Waals surface area contributed by atoms with E-state index in [9.17, 15) is 18.8 Å². The topological polar surface area (TPSA) is 96.5 Å². The third-order valence-electron chi connectivity index (χ3n) is 5.19. The predicted molar refractivity (Wildman–Crippen MR) is 122 cm³/mol. The van der Waals surface area contributed by atoms with E-state index in [4.69, 9.17) is 4.74 Å². The van der Waals surface area contributed by atoms with Crippen LogP contribution in [0.25, 0.3) is 0 Å². The summed E-state index contributed by atoms with van der Waals surface area (Å²) in [5.74, 6) is -1.03. The molecule has 0 radical (unpaired) electrons. The molecule has 3 amide bonds. The molecule has 2 aromatic carbocycles. The van der Waals surface area contributed by atoms with Gasteiger partial charge in [-0.1, -0.05) is 48.5 Å². The third-order valence-corrected chi connectivity index (χ3v) is 5.19. The summed E-state index contributed by atoms with van der Waals surface area (Å²) in [5.41, 5.74) is 1.51. The number of carbonyl (C=O) groups is 3. The summed E-state index contributed by atoms with van der Waals surface area (Å²) < 4.78 is 18.9. The first kappa shape index (κ1) is 24.0. The molecule has 33 heavy (non-hydrogen) atoms. The molecular formula is C25H28FN3O4. The van der Waals surface area contributed by atoms with Crippen molar-refractivity contribution in [2.45, 2.75) is 44.4 Å². The lowest BCUT2D eigenvalue weighted by Crippen LogP contribution is -2.50. The van der Waals surface area contributed by atoms with E-state index in [-0.39, 0.29) is 18.3 Å². The van der Waals surface area contributed by atoms with Gasteiger partial charge < -0.3 is 20.7 Å². The molecule has 0 aliphatic carbocycles. The number of carbonyl (C=O) groups excluding carboxylic acids is 3. The smallest absolute Gasteiger partial charge is 0.408 e. The highest BCUT2D eigenvalue weighted by Crippen LogP contribution is 2.10. The zero-order valence-electron chi connectivity index (χ0n) is 18.3. The van der Waals surface area contributed by atoms with Gasteiger partial charge in [0.15, 0.2) is 0 Å². The van der Waals surface area contributed by atoms with Crippen LogP contribution in [0.2, 0.25) is 0 Å². The molecule has 0 spiro atoms. The number of amides is 3. The minimum absolute atomic E-state index is 0.0952. The van der Waals surface area contributed by atoms with Crippen molar-refractivity contribution in [3.05, 3.63) is 83.7 Å². The summed E-state index contributed by atoms with van der Waals surface area (Å²) >= 11 is 0. The molecule has 2 aromatic rings. The van der Waals surface area contributed by atoms with Crippen LogP contribution in [0, 0.1) is 5.82 Å². The number of rotatable bonds is 5. The van der Waals surface area contributed by atoms with E-state index < -0.39 is 24.1 Å². The molecule has 1 aliphatic rings. The highest BCUT2D eigenvalue weighted by atomic mass is 19.1. The van der Waals surface area contributed by atoms with Gasteiger partial charge in [0.2, 0.25) is 11.8 Å². The highest BCUT2D eigenvalue weighted by molar-refractivity contribution is 5.88. The van der Waals surface area contributed by atoms with Crippen molar-refractivity contribution < 1.29 is 23.5 Å². The molecule has 1 aliphatic heterocycles. The van der Waals surface area contributed by atoms with Gasteiger partial charge in [0.05, 0.1) is 6.04 Å². The Hall–Kier alpha value is -3.68. The fourth-order valence-electron chi connectivity index (χ4n) is 3.49. The average molecular weight is 454 g/mol. The Balaban J connectivity index is 1.67. The quantitative estimate of drug-likeness (QED) is 0.649. The van der Waals surface area contributed by atoms with Crippen LogP contribution in [0.5, 0.6) is 0 Å². The lowest BCUT2D eigenvalue weighted by molar-refractivity contribution is -0.124. The van der Waals surface area contributed by atoms with E-state index >= 15 is 0 Å². The maximum atomic E-state index is 13.6. The SMILES string of the molecule is O=C1/C=C\[C@H](Cc2cccc(F)c2)NC(=O)[C@@H](NC(=O)OCc2ccccc2)CCCCN1. The van der Waals surface area contributed by atoms with Crippen LogP contribution in [0.1, 0.15) is 30.4 Å². The van der Waals surface area contributed by atoms with Crippen LogP contribution in [0.3, 0.4) is 0 Å². The molecule has 3 rings (SSSR count). The van der Waals surface area contributed by atoms with Gasteiger partial charge >= 0.3 is 6.09 Å². The molecule has 0 saturated carbocycles. The van der Waals surface area contributed by atoms with E-state index in [2.05, 4.69) is 16.0 Å². The summed E-state index contributed by atoms with van der Waals surface area (Å²) in [6.45, 7) is 0.558. The van der Waals surface area contributed by atoms with Gasteiger partial charge in [0.1, 0.15) is 18.5 Å². The summed E-state index contributed by atoms with van der Waals surface area (Å²) in [6, 6.07) is 13.9. The van der Waals surface area contributed by atoms with Gasteiger partial charge in [-0.25, -0.2) is 9.18 Å². The lowest BCUT2D eigenvalue weighted by Gasteiger charge is -2.22. The van der Waals surface area contributed by atoms with E-state index in [1.54, 1.807) is 18.2 Å². The van der Waals surface area contributed by atoms with Crippen LogP contribution in [0.15, 0.2) is 66.7 Å². The maximum Gasteiger partial charge on any atom is 0.408 e. The number of alkyl carbamates (subject to hydrolysis) is 1. The van der Waals surface area contributed by atoms with Crippen molar-refractivity contribution in [2.75, 3.05) is 6.54 Å². The second-order valence-corrected chi connectivity index (χ2v) is 7.85.